The van der Waals surface area contributed by atoms with E-state index in [9.17, 15) is 5.11 Å². The molecule has 4 atom stereocenters. The van der Waals surface area contributed by atoms with Crippen molar-refractivity contribution in [2.24, 2.45) is 5.92 Å². The van der Waals surface area contributed by atoms with Crippen LogP contribution in [0.5, 0.6) is 23.0 Å². The zero-order valence-electron chi connectivity index (χ0n) is 17.0. The molecule has 7 heteroatoms. The average molecular weight is 402 g/mol. The molecule has 0 bridgehead atoms. The number of rotatable bonds is 6. The van der Waals surface area contributed by atoms with E-state index >= 15 is 0 Å². The van der Waals surface area contributed by atoms with Gasteiger partial charge in [0.1, 0.15) is 11.7 Å². The van der Waals surface area contributed by atoms with Crippen LogP contribution < -0.4 is 18.9 Å². The van der Waals surface area contributed by atoms with E-state index in [1.54, 1.807) is 28.4 Å². The Morgan fingerprint density at radius 2 is 1.34 bits per heavy atom. The summed E-state index contributed by atoms with van der Waals surface area (Å²) in [6, 6.07) is 11.2. The molecule has 2 aliphatic rings. The standard InChI is InChI=1S/C22H26O7/c1-24-16-7-5-13(9-18(16)26-3)20-15-11-28-21(22(15,23)12-29-20)14-6-8-17(25-2)19(10-14)27-4/h5-10,15,20-21,23H,11-12H2,1-4H3/t15-,20+,21-,22-/m1/s1. The highest BCUT2D eigenvalue weighted by Crippen LogP contribution is 2.54. The normalized spacial score (nSPS) is 28.1. The third-order valence-electron chi connectivity index (χ3n) is 5.84. The van der Waals surface area contributed by atoms with Crippen molar-refractivity contribution in [3.8, 4) is 23.0 Å². The van der Waals surface area contributed by atoms with Gasteiger partial charge in [-0.25, -0.2) is 0 Å². The Bertz CT molecular complexity index is 883. The first-order chi connectivity index (χ1) is 14.0. The van der Waals surface area contributed by atoms with E-state index in [1.807, 2.05) is 36.4 Å². The first-order valence-electron chi connectivity index (χ1n) is 9.45. The van der Waals surface area contributed by atoms with Crippen LogP contribution in [0.1, 0.15) is 23.3 Å². The second kappa shape index (κ2) is 7.74. The largest absolute Gasteiger partial charge is 0.493 e. The SMILES string of the molecule is COc1ccc([C@H]2OC[C@@H]3[C@H](c4ccc(OC)c(OC)c4)OC[C@]23O)cc1OC. The Morgan fingerprint density at radius 3 is 1.93 bits per heavy atom. The number of hydrogen-bond donors (Lipinski definition) is 1. The molecule has 0 radical (unpaired) electrons. The second-order valence-electron chi connectivity index (χ2n) is 7.27. The van der Waals surface area contributed by atoms with Crippen molar-refractivity contribution in [1.29, 1.82) is 0 Å². The summed E-state index contributed by atoms with van der Waals surface area (Å²) in [7, 11) is 6.37. The molecule has 2 aromatic carbocycles. The van der Waals surface area contributed by atoms with E-state index in [1.165, 1.54) is 0 Å². The fourth-order valence-electron chi connectivity index (χ4n) is 4.31. The van der Waals surface area contributed by atoms with Crippen molar-refractivity contribution >= 4 is 0 Å². The van der Waals surface area contributed by atoms with E-state index in [4.69, 9.17) is 28.4 Å². The third-order valence-corrected chi connectivity index (χ3v) is 5.84. The fourth-order valence-corrected chi connectivity index (χ4v) is 4.31. The molecule has 29 heavy (non-hydrogen) atoms. The van der Waals surface area contributed by atoms with E-state index in [0.29, 0.717) is 29.6 Å². The Labute approximate surface area is 170 Å². The molecule has 2 aliphatic heterocycles. The van der Waals surface area contributed by atoms with Gasteiger partial charge in [0.15, 0.2) is 23.0 Å². The van der Waals surface area contributed by atoms with Gasteiger partial charge in [0.05, 0.1) is 47.8 Å². The zero-order valence-corrected chi connectivity index (χ0v) is 17.0. The summed E-state index contributed by atoms with van der Waals surface area (Å²) >= 11 is 0. The summed E-state index contributed by atoms with van der Waals surface area (Å²) < 4.78 is 33.5. The molecule has 2 fully saturated rings. The summed E-state index contributed by atoms with van der Waals surface area (Å²) in [6.07, 6.45) is -0.817. The van der Waals surface area contributed by atoms with Crippen LogP contribution in [0, 0.1) is 5.92 Å². The van der Waals surface area contributed by atoms with Gasteiger partial charge in [0.2, 0.25) is 0 Å². The first-order valence-corrected chi connectivity index (χ1v) is 9.45. The number of fused-ring (bicyclic) bond motifs is 1. The maximum absolute atomic E-state index is 11.5. The van der Waals surface area contributed by atoms with Crippen molar-refractivity contribution in [3.05, 3.63) is 47.5 Å². The number of aliphatic hydroxyl groups is 1. The van der Waals surface area contributed by atoms with Crippen LogP contribution in [-0.2, 0) is 9.47 Å². The average Bonchev–Trinajstić information content (AvgIpc) is 3.27. The molecule has 2 heterocycles. The summed E-state index contributed by atoms with van der Waals surface area (Å²) in [5, 5.41) is 11.5. The van der Waals surface area contributed by atoms with Crippen LogP contribution in [0.3, 0.4) is 0 Å². The third kappa shape index (κ3) is 3.19. The molecule has 1 N–H and O–H groups in total. The van der Waals surface area contributed by atoms with Gasteiger partial charge in [-0.1, -0.05) is 12.1 Å². The minimum absolute atomic E-state index is 0.176. The van der Waals surface area contributed by atoms with Crippen molar-refractivity contribution in [3.63, 3.8) is 0 Å². The zero-order chi connectivity index (χ0) is 20.6. The van der Waals surface area contributed by atoms with Gasteiger partial charge in [-0.05, 0) is 35.4 Å². The van der Waals surface area contributed by atoms with Gasteiger partial charge in [0.25, 0.3) is 0 Å². The van der Waals surface area contributed by atoms with Crippen molar-refractivity contribution in [2.75, 3.05) is 41.7 Å². The first kappa shape index (κ1) is 19.8. The number of methoxy groups -OCH3 is 4. The Kier molecular flexibility index (Phi) is 5.29. The van der Waals surface area contributed by atoms with Crippen LogP contribution in [0.4, 0.5) is 0 Å². The smallest absolute Gasteiger partial charge is 0.161 e. The minimum atomic E-state index is -1.14. The molecule has 2 saturated heterocycles. The minimum Gasteiger partial charge on any atom is -0.493 e. The van der Waals surface area contributed by atoms with Gasteiger partial charge in [-0.2, -0.15) is 0 Å². The molecular weight excluding hydrogens is 376 g/mol. The van der Waals surface area contributed by atoms with E-state index in [0.717, 1.165) is 11.1 Å². The van der Waals surface area contributed by atoms with E-state index < -0.39 is 11.7 Å². The maximum atomic E-state index is 11.5. The maximum Gasteiger partial charge on any atom is 0.161 e. The molecule has 156 valence electrons. The van der Waals surface area contributed by atoms with Crippen molar-refractivity contribution in [1.82, 2.24) is 0 Å². The lowest BCUT2D eigenvalue weighted by Crippen LogP contribution is -2.39. The van der Waals surface area contributed by atoms with Crippen molar-refractivity contribution < 1.29 is 33.5 Å². The van der Waals surface area contributed by atoms with E-state index in [-0.39, 0.29) is 18.6 Å². The number of ether oxygens (including phenoxy) is 6. The second-order valence-corrected chi connectivity index (χ2v) is 7.27. The lowest BCUT2D eigenvalue weighted by molar-refractivity contribution is -0.0628. The molecule has 0 aromatic heterocycles. The van der Waals surface area contributed by atoms with Crippen LogP contribution in [-0.4, -0.2) is 52.4 Å². The van der Waals surface area contributed by atoms with Crippen LogP contribution >= 0.6 is 0 Å². The molecule has 0 unspecified atom stereocenters. The highest BCUT2D eigenvalue weighted by atomic mass is 16.6. The molecule has 2 aromatic rings. The van der Waals surface area contributed by atoms with Crippen LogP contribution in [0.2, 0.25) is 0 Å². The summed E-state index contributed by atoms with van der Waals surface area (Å²) in [5.41, 5.74) is 0.599. The van der Waals surface area contributed by atoms with E-state index in [2.05, 4.69) is 0 Å². The van der Waals surface area contributed by atoms with Crippen LogP contribution in [0.25, 0.3) is 0 Å². The highest BCUT2D eigenvalue weighted by Gasteiger charge is 2.59. The van der Waals surface area contributed by atoms with Gasteiger partial charge < -0.3 is 33.5 Å². The molecule has 0 saturated carbocycles. The Morgan fingerprint density at radius 1 is 0.793 bits per heavy atom. The lowest BCUT2D eigenvalue weighted by atomic mass is 9.81. The van der Waals surface area contributed by atoms with Gasteiger partial charge in [-0.3, -0.25) is 0 Å². The van der Waals surface area contributed by atoms with Crippen molar-refractivity contribution in [2.45, 2.75) is 17.8 Å². The lowest BCUT2D eigenvalue weighted by Gasteiger charge is -2.27. The van der Waals surface area contributed by atoms with Crippen LogP contribution in [0.15, 0.2) is 36.4 Å². The topological polar surface area (TPSA) is 75.6 Å². The van der Waals surface area contributed by atoms with Gasteiger partial charge in [0, 0.05) is 5.92 Å². The van der Waals surface area contributed by atoms with Gasteiger partial charge in [-0.15, -0.1) is 0 Å². The number of benzene rings is 2. The molecule has 0 spiro atoms. The summed E-state index contributed by atoms with van der Waals surface area (Å²) in [5.74, 6) is 2.29. The molecule has 4 rings (SSSR count). The highest BCUT2D eigenvalue weighted by molar-refractivity contribution is 5.46. The summed E-state index contributed by atoms with van der Waals surface area (Å²) in [6.45, 7) is 0.560. The molecular formula is C22H26O7. The predicted molar refractivity (Wildman–Crippen MR) is 105 cm³/mol. The Hall–Kier alpha value is -2.48. The summed E-state index contributed by atoms with van der Waals surface area (Å²) in [4.78, 5) is 0. The monoisotopic (exact) mass is 402 g/mol. The molecule has 0 amide bonds. The fraction of sp³-hybridized carbons (Fsp3) is 0.455. The quantitative estimate of drug-likeness (QED) is 0.796. The molecule has 7 nitrogen and oxygen atoms in total. The predicted octanol–water partition coefficient (Wildman–Crippen LogP) is 2.91. The number of hydrogen-bond acceptors (Lipinski definition) is 7. The molecule has 0 aliphatic carbocycles. The van der Waals surface area contributed by atoms with Gasteiger partial charge >= 0.3 is 0 Å². The Balaban J connectivity index is 1.63.